The summed E-state index contributed by atoms with van der Waals surface area (Å²) in [6, 6.07) is 10.4. The number of nitrogens with zero attached hydrogens (tertiary/aromatic N) is 3. The van der Waals surface area contributed by atoms with Crippen LogP contribution < -0.4 is 15.6 Å². The molecule has 0 spiro atoms. The van der Waals surface area contributed by atoms with Gasteiger partial charge in [-0.05, 0) is 41.5 Å². The van der Waals surface area contributed by atoms with Gasteiger partial charge in [-0.15, -0.1) is 0 Å². The van der Waals surface area contributed by atoms with Gasteiger partial charge in [0.15, 0.2) is 11.6 Å². The van der Waals surface area contributed by atoms with Crippen molar-refractivity contribution in [1.82, 2.24) is 14.1 Å². The number of aromatic nitrogens is 3. The van der Waals surface area contributed by atoms with Gasteiger partial charge in [0.2, 0.25) is 5.95 Å². The lowest BCUT2D eigenvalue weighted by Crippen LogP contribution is -2.20. The van der Waals surface area contributed by atoms with Crippen molar-refractivity contribution >= 4 is 32.7 Å². The zero-order valence-corrected chi connectivity index (χ0v) is 18.1. The predicted molar refractivity (Wildman–Crippen MR) is 119 cm³/mol. The molecular weight excluding hydrogens is 451 g/mol. The summed E-state index contributed by atoms with van der Waals surface area (Å²) in [5.41, 5.74) is 1.64. The van der Waals surface area contributed by atoms with Gasteiger partial charge < -0.3 is 19.2 Å². The molecule has 0 aliphatic carbocycles. The molecule has 0 fully saturated rings. The second-order valence-corrected chi connectivity index (χ2v) is 7.74. The first-order valence-corrected chi connectivity index (χ1v) is 10.1. The molecule has 0 aliphatic rings. The Morgan fingerprint density at radius 2 is 1.87 bits per heavy atom. The number of ether oxygens (including phenoxy) is 1. The summed E-state index contributed by atoms with van der Waals surface area (Å²) < 4.78 is 23.2. The molecule has 2 aromatic heterocycles. The third-order valence-corrected chi connectivity index (χ3v) is 5.62. The molecule has 4 aromatic rings. The minimum absolute atomic E-state index is 0.113. The average Bonchev–Trinajstić information content (AvgIpc) is 3.19. The summed E-state index contributed by atoms with van der Waals surface area (Å²) in [7, 11) is 3.24. The third kappa shape index (κ3) is 3.82. The largest absolute Gasteiger partial charge is 0.494 e. The molecule has 1 N–H and O–H groups in total. The van der Waals surface area contributed by atoms with E-state index in [0.717, 1.165) is 26.9 Å². The molecule has 2 aromatic carbocycles. The van der Waals surface area contributed by atoms with E-state index in [4.69, 9.17) is 4.74 Å². The van der Waals surface area contributed by atoms with Crippen LogP contribution in [0.25, 0.3) is 10.8 Å². The first-order valence-electron chi connectivity index (χ1n) is 9.33. The molecular formula is C22H20BrFN4O2. The van der Waals surface area contributed by atoms with Crippen molar-refractivity contribution in [2.45, 2.75) is 13.1 Å². The van der Waals surface area contributed by atoms with Crippen molar-refractivity contribution in [2.24, 2.45) is 0 Å². The molecule has 154 valence electrons. The van der Waals surface area contributed by atoms with E-state index in [1.54, 1.807) is 29.1 Å². The van der Waals surface area contributed by atoms with E-state index >= 15 is 0 Å². The van der Waals surface area contributed by atoms with Crippen LogP contribution in [-0.2, 0) is 13.1 Å². The van der Waals surface area contributed by atoms with Crippen LogP contribution in [0.2, 0.25) is 0 Å². The lowest BCUT2D eigenvalue weighted by atomic mass is 10.1. The van der Waals surface area contributed by atoms with Gasteiger partial charge >= 0.3 is 0 Å². The van der Waals surface area contributed by atoms with Crippen LogP contribution in [-0.4, -0.2) is 28.3 Å². The third-order valence-electron chi connectivity index (χ3n) is 4.96. The zero-order valence-electron chi connectivity index (χ0n) is 16.5. The molecule has 0 saturated heterocycles. The monoisotopic (exact) mass is 470 g/mol. The fraction of sp³-hybridized carbons (Fsp3) is 0.182. The average molecular weight is 471 g/mol. The first-order chi connectivity index (χ1) is 14.5. The van der Waals surface area contributed by atoms with Crippen molar-refractivity contribution in [3.05, 3.63) is 86.8 Å². The number of anilines is 1. The summed E-state index contributed by atoms with van der Waals surface area (Å²) >= 11 is 3.59. The minimum atomic E-state index is -0.430. The maximum atomic E-state index is 13.7. The molecule has 0 radical (unpaired) electrons. The van der Waals surface area contributed by atoms with Gasteiger partial charge in [-0.2, -0.15) is 0 Å². The van der Waals surface area contributed by atoms with Crippen LogP contribution in [0.5, 0.6) is 5.75 Å². The van der Waals surface area contributed by atoms with E-state index in [1.807, 2.05) is 36.0 Å². The van der Waals surface area contributed by atoms with Gasteiger partial charge in [-0.1, -0.05) is 22.0 Å². The van der Waals surface area contributed by atoms with E-state index in [2.05, 4.69) is 26.2 Å². The van der Waals surface area contributed by atoms with Crippen molar-refractivity contribution < 1.29 is 9.13 Å². The standard InChI is InChI=1S/C22H20BrFN4O2/c1-25-22-26-6-8-28(22)13-15-9-17-16(18(23)10-15)5-7-27(21(17)29)12-14-3-4-19(24)20(11-14)30-2/h3-11H,12-13H2,1-2H3,(H,25,26). The van der Waals surface area contributed by atoms with Crippen LogP contribution in [0.15, 0.2) is 64.3 Å². The Labute approximate surface area is 181 Å². The topological polar surface area (TPSA) is 61.1 Å². The Morgan fingerprint density at radius 3 is 2.63 bits per heavy atom. The van der Waals surface area contributed by atoms with Gasteiger partial charge in [0.25, 0.3) is 5.56 Å². The maximum absolute atomic E-state index is 13.7. The molecule has 4 rings (SSSR count). The highest BCUT2D eigenvalue weighted by atomic mass is 79.9. The highest BCUT2D eigenvalue weighted by molar-refractivity contribution is 9.10. The quantitative estimate of drug-likeness (QED) is 0.457. The number of hydrogen-bond acceptors (Lipinski definition) is 4. The second kappa shape index (κ2) is 8.31. The van der Waals surface area contributed by atoms with Crippen molar-refractivity contribution in [1.29, 1.82) is 0 Å². The number of nitrogens with one attached hydrogen (secondary N) is 1. The summed E-state index contributed by atoms with van der Waals surface area (Å²) in [5, 5.41) is 4.50. The van der Waals surface area contributed by atoms with Crippen LogP contribution in [0.4, 0.5) is 10.3 Å². The minimum Gasteiger partial charge on any atom is -0.494 e. The molecule has 6 nitrogen and oxygen atoms in total. The number of hydrogen-bond donors (Lipinski definition) is 1. The summed E-state index contributed by atoms with van der Waals surface area (Å²) in [6.07, 6.45) is 5.36. The lowest BCUT2D eigenvalue weighted by molar-refractivity contribution is 0.385. The van der Waals surface area contributed by atoms with Gasteiger partial charge in [0.1, 0.15) is 0 Å². The van der Waals surface area contributed by atoms with Crippen LogP contribution in [0.1, 0.15) is 11.1 Å². The summed E-state index contributed by atoms with van der Waals surface area (Å²) in [4.78, 5) is 17.4. The SMILES string of the molecule is CNc1nccn1Cc1cc(Br)c2ccn(Cc3ccc(F)c(OC)c3)c(=O)c2c1. The Hall–Kier alpha value is -3.13. The van der Waals surface area contributed by atoms with E-state index in [1.165, 1.54) is 13.2 Å². The highest BCUT2D eigenvalue weighted by Crippen LogP contribution is 2.25. The molecule has 0 atom stereocenters. The number of fused-ring (bicyclic) bond motifs is 1. The number of imidazole rings is 1. The molecule has 0 bridgehead atoms. The number of methoxy groups -OCH3 is 1. The molecule has 2 heterocycles. The predicted octanol–water partition coefficient (Wildman–Crippen LogP) is 4.25. The molecule has 8 heteroatoms. The second-order valence-electron chi connectivity index (χ2n) is 6.89. The van der Waals surface area contributed by atoms with Crippen LogP contribution in [0.3, 0.4) is 0 Å². The van der Waals surface area contributed by atoms with E-state index in [9.17, 15) is 9.18 Å². The maximum Gasteiger partial charge on any atom is 0.258 e. The first kappa shape index (κ1) is 20.2. The summed E-state index contributed by atoms with van der Waals surface area (Å²) in [5.74, 6) is 0.482. The van der Waals surface area contributed by atoms with Crippen molar-refractivity contribution in [2.75, 3.05) is 19.5 Å². The van der Waals surface area contributed by atoms with Crippen molar-refractivity contribution in [3.63, 3.8) is 0 Å². The highest BCUT2D eigenvalue weighted by Gasteiger charge is 2.11. The normalized spacial score (nSPS) is 11.1. The number of pyridine rings is 1. The van der Waals surface area contributed by atoms with E-state index < -0.39 is 5.82 Å². The van der Waals surface area contributed by atoms with Gasteiger partial charge in [0.05, 0.1) is 20.2 Å². The number of halogens is 2. The Morgan fingerprint density at radius 1 is 1.07 bits per heavy atom. The molecule has 0 unspecified atom stereocenters. The number of benzene rings is 2. The van der Waals surface area contributed by atoms with Gasteiger partial charge in [0, 0.05) is 40.9 Å². The lowest BCUT2D eigenvalue weighted by Gasteiger charge is -2.12. The van der Waals surface area contributed by atoms with Crippen LogP contribution >= 0.6 is 15.9 Å². The van der Waals surface area contributed by atoms with Gasteiger partial charge in [-0.3, -0.25) is 4.79 Å². The zero-order chi connectivity index (χ0) is 21.3. The Balaban J connectivity index is 1.73. The fourth-order valence-corrected chi connectivity index (χ4v) is 4.12. The van der Waals surface area contributed by atoms with Gasteiger partial charge in [-0.25, -0.2) is 9.37 Å². The molecule has 30 heavy (non-hydrogen) atoms. The molecule has 0 saturated carbocycles. The van der Waals surface area contributed by atoms with E-state index in [-0.39, 0.29) is 11.3 Å². The molecule has 0 amide bonds. The van der Waals surface area contributed by atoms with Crippen molar-refractivity contribution in [3.8, 4) is 5.75 Å². The molecule has 0 aliphatic heterocycles. The fourth-order valence-electron chi connectivity index (χ4n) is 3.48. The Kier molecular flexibility index (Phi) is 5.59. The Bertz CT molecular complexity index is 1280. The van der Waals surface area contributed by atoms with E-state index in [0.29, 0.717) is 18.5 Å². The summed E-state index contributed by atoms with van der Waals surface area (Å²) in [6.45, 7) is 0.896. The van der Waals surface area contributed by atoms with Crippen LogP contribution in [0, 0.1) is 5.82 Å². The number of rotatable bonds is 6. The smallest absolute Gasteiger partial charge is 0.258 e.